The summed E-state index contributed by atoms with van der Waals surface area (Å²) in [5.41, 5.74) is 0.795. The summed E-state index contributed by atoms with van der Waals surface area (Å²) < 4.78 is 85.6. The molecule has 2 N–H and O–H groups in total. The van der Waals surface area contributed by atoms with E-state index in [1.165, 1.54) is 62.1 Å². The van der Waals surface area contributed by atoms with Crippen LogP contribution in [0.4, 0.5) is 5.69 Å². The van der Waals surface area contributed by atoms with Gasteiger partial charge in [0, 0.05) is 108 Å². The number of imide groups is 1. The van der Waals surface area contributed by atoms with Crippen LogP contribution in [0.25, 0.3) is 0 Å². The molecule has 2 unspecified atom stereocenters. The van der Waals surface area contributed by atoms with Crippen molar-refractivity contribution in [3.05, 3.63) is 111 Å². The second-order valence-corrected chi connectivity index (χ2v) is 32.6. The lowest BCUT2D eigenvalue weighted by atomic mass is 9.78. The van der Waals surface area contributed by atoms with Crippen LogP contribution in [-0.2, 0) is 135 Å². The van der Waals surface area contributed by atoms with E-state index in [4.69, 9.17) is 82.7 Å². The summed E-state index contributed by atoms with van der Waals surface area (Å²) in [6, 6.07) is 12.8. The van der Waals surface area contributed by atoms with Gasteiger partial charge in [-0.25, -0.2) is 4.79 Å². The van der Waals surface area contributed by atoms with E-state index in [1.54, 1.807) is 82.4 Å². The van der Waals surface area contributed by atoms with Gasteiger partial charge in [-0.3, -0.25) is 52.8 Å². The molecule has 0 spiro atoms. The van der Waals surface area contributed by atoms with Gasteiger partial charge in [0.15, 0.2) is 5.78 Å². The maximum Gasteiger partial charge on any atom is 0.328 e. The average molecular weight is 1730 g/mol. The molecule has 7 rings (SSSR count). The quantitative estimate of drug-likeness (QED) is 0.0176. The molecule has 4 aliphatic rings. The summed E-state index contributed by atoms with van der Waals surface area (Å²) in [5.74, 6) is -5.55. The van der Waals surface area contributed by atoms with Crippen LogP contribution in [0.2, 0.25) is 5.02 Å². The fourth-order valence-electron chi connectivity index (χ4n) is 14.5. The van der Waals surface area contributed by atoms with E-state index >= 15 is 0 Å². The number of methoxy groups -OCH3 is 3. The highest BCUT2D eigenvalue weighted by atomic mass is 35.5. The van der Waals surface area contributed by atoms with E-state index in [0.29, 0.717) is 140 Å². The Bertz CT molecular complexity index is 4040. The smallest absolute Gasteiger partial charge is 0.328 e. The second-order valence-electron chi connectivity index (χ2n) is 32.3. The van der Waals surface area contributed by atoms with Crippen molar-refractivity contribution in [3.8, 4) is 11.5 Å². The number of likely N-dealkylation sites (tertiary alicyclic amines) is 1. The second kappa shape index (κ2) is 50.5. The van der Waals surface area contributed by atoms with E-state index in [1.807, 2.05) is 40.7 Å². The number of ether oxygens (including phenoxy) is 15. The highest BCUT2D eigenvalue weighted by molar-refractivity contribution is 6.35. The number of carbonyl (C=O) groups is 11. The number of hydrogen-bond acceptors (Lipinski definition) is 27. The van der Waals surface area contributed by atoms with Crippen LogP contribution < -0.4 is 19.7 Å². The molecule has 0 aromatic heterocycles. The number of nitrogens with one attached hydrogen (secondary N) is 1. The number of benzene rings is 3. The van der Waals surface area contributed by atoms with Crippen molar-refractivity contribution >= 4 is 82.1 Å². The van der Waals surface area contributed by atoms with Gasteiger partial charge in [-0.15, -0.1) is 0 Å². The number of nitrogens with zero attached hydrogens (tertiary/aromatic N) is 3. The molecule has 3 aromatic carbocycles. The number of anilines is 1. The maximum absolute atomic E-state index is 14.6. The number of fused-ring (bicyclic) bond motifs is 5. The predicted molar refractivity (Wildman–Crippen MR) is 448 cm³/mol. The maximum atomic E-state index is 14.6. The lowest BCUT2D eigenvalue weighted by Crippen LogP contribution is -2.53. The summed E-state index contributed by atoms with van der Waals surface area (Å²) in [6.07, 6.45) is 2.25. The van der Waals surface area contributed by atoms with Crippen molar-refractivity contribution < 1.29 is 129 Å². The number of hydrogen-bond donors (Lipinski definition) is 2. The molecule has 3 fully saturated rings. The third-order valence-corrected chi connectivity index (χ3v) is 22.8. The lowest BCUT2D eigenvalue weighted by Gasteiger charge is -2.41. The number of halogens is 1. The normalized spacial score (nSPS) is 22.0. The number of aliphatic hydroxyl groups is 1. The molecular weight excluding hydrogens is 1600 g/mol. The molecule has 31 nitrogen and oxygen atoms in total. The monoisotopic (exact) mass is 1730 g/mol. The van der Waals surface area contributed by atoms with E-state index in [9.17, 15) is 57.8 Å². The first-order chi connectivity index (χ1) is 58.2. The van der Waals surface area contributed by atoms with Crippen molar-refractivity contribution in [2.24, 2.45) is 29.6 Å². The van der Waals surface area contributed by atoms with Gasteiger partial charge in [0.25, 0.3) is 5.91 Å². The largest absolute Gasteiger partial charge is 0.496 e. The Labute approximate surface area is 721 Å². The third-order valence-electron chi connectivity index (χ3n) is 22.4. The molecular formula is C90H127ClN4O27. The van der Waals surface area contributed by atoms with Gasteiger partial charge < -0.3 is 91.3 Å². The van der Waals surface area contributed by atoms with Crippen LogP contribution in [-0.4, -0.2) is 275 Å². The zero-order chi connectivity index (χ0) is 89.2. The highest BCUT2D eigenvalue weighted by Crippen LogP contribution is 2.50. The topological polar surface area (TPSA) is 372 Å². The van der Waals surface area contributed by atoms with Gasteiger partial charge in [-0.2, -0.15) is 0 Å². The third kappa shape index (κ3) is 31.1. The van der Waals surface area contributed by atoms with Gasteiger partial charge in [-0.05, 0) is 93.3 Å². The Morgan fingerprint density at radius 2 is 1.28 bits per heavy atom. The number of likely N-dealkylation sites (N-methyl/N-ethyl adjacent to an activating group) is 1. The molecule has 5 amide bonds. The molecule has 0 radical (unpaired) electrons. The summed E-state index contributed by atoms with van der Waals surface area (Å²) >= 11 is 6.88. The predicted octanol–water partition coefficient (Wildman–Crippen LogP) is 8.51. The molecule has 4 heterocycles. The van der Waals surface area contributed by atoms with Gasteiger partial charge >= 0.3 is 17.9 Å². The number of Topliss-reactive ketones (excluding diaryl/α,β-unsaturated/α-hetero) is 3. The Morgan fingerprint density at radius 3 is 1.84 bits per heavy atom. The molecule has 4 aliphatic heterocycles. The van der Waals surface area contributed by atoms with Crippen molar-refractivity contribution in [3.63, 3.8) is 0 Å². The number of epoxide rings is 1. The minimum absolute atomic E-state index is 0.000782. The highest BCUT2D eigenvalue weighted by Gasteiger charge is 2.65. The molecule has 11 atom stereocenters. The fraction of sp³-hybridized carbons (Fsp3) is 0.633. The minimum Gasteiger partial charge on any atom is -0.496 e. The van der Waals surface area contributed by atoms with Gasteiger partial charge in [0.1, 0.15) is 70.3 Å². The fourth-order valence-corrected chi connectivity index (χ4v) is 14.9. The van der Waals surface area contributed by atoms with Crippen molar-refractivity contribution in [1.82, 2.24) is 15.1 Å². The van der Waals surface area contributed by atoms with Gasteiger partial charge in [-0.1, -0.05) is 100 Å². The number of rotatable bonds is 51. The van der Waals surface area contributed by atoms with E-state index in [0.717, 1.165) is 11.1 Å². The number of carbonyl (C=O) groups excluding carboxylic acids is 11. The number of esters is 3. The Morgan fingerprint density at radius 1 is 0.697 bits per heavy atom. The minimum atomic E-state index is -1.66. The SMILES string of the molecule is COc1cc(C(=O)N(C)C(C)C(=O)O[C@H]2CC(=O)N(C)c3cc(cc(OC)c3Cl)C/C(C)=C/C=C/[C@@H](OC)[C@]3(O)CC(=O)O[C@@H](C3)[C@@H](C)[C@@H]3O[C@@]23C)ccc1CC(=O)OCc1ccc(CC(=O)[C@H](C)NC(=O)[C@@H](CC(=O)CCOCCOCCOCCOCCOCCOCCOCCOCCCC(=O)CCN2C(=O)CC(C(C)C)C2=O)C(C)C)cc1. The number of ketones is 3. The Hall–Kier alpha value is -8.44. The van der Waals surface area contributed by atoms with Gasteiger partial charge in [0.05, 0.1) is 150 Å². The van der Waals surface area contributed by atoms with Crippen molar-refractivity contribution in [1.29, 1.82) is 0 Å². The molecule has 3 aromatic rings. The van der Waals surface area contributed by atoms with Gasteiger partial charge in [0.2, 0.25) is 23.6 Å². The van der Waals surface area contributed by atoms with Crippen LogP contribution in [0.15, 0.2) is 78.4 Å². The Kier molecular flexibility index (Phi) is 41.7. The first-order valence-corrected chi connectivity index (χ1v) is 42.4. The molecule has 32 heteroatoms. The van der Waals surface area contributed by atoms with E-state index in [2.05, 4.69) is 5.32 Å². The van der Waals surface area contributed by atoms with E-state index < -0.39 is 102 Å². The first-order valence-electron chi connectivity index (χ1n) is 42.0. The zero-order valence-electron chi connectivity index (χ0n) is 73.3. The van der Waals surface area contributed by atoms with Crippen LogP contribution in [0.3, 0.4) is 0 Å². The summed E-state index contributed by atoms with van der Waals surface area (Å²) in [7, 11) is 7.25. The summed E-state index contributed by atoms with van der Waals surface area (Å²) in [6.45, 7) is 21.9. The van der Waals surface area contributed by atoms with Crippen LogP contribution in [0.5, 0.6) is 11.5 Å². The van der Waals surface area contributed by atoms with Crippen LogP contribution in [0, 0.1) is 29.6 Å². The Balaban J connectivity index is 0.735. The number of amides is 5. The zero-order valence-corrected chi connectivity index (χ0v) is 74.0. The first kappa shape index (κ1) is 101. The molecule has 0 aliphatic carbocycles. The van der Waals surface area contributed by atoms with Crippen molar-refractivity contribution in [2.75, 3.05) is 153 Å². The van der Waals surface area contributed by atoms with Crippen LogP contribution in [0.1, 0.15) is 153 Å². The molecule has 676 valence electrons. The molecule has 3 saturated heterocycles. The summed E-state index contributed by atoms with van der Waals surface area (Å²) in [4.78, 5) is 150. The standard InChI is InChI=1S/C90H127ClN4O27/c1-57(2)70(51-69(97)27-30-112-32-34-114-36-38-116-40-42-118-44-43-117-41-39-115-37-35-113-33-31-111-29-16-18-68(96)26-28-95-80(100)52-71(58(3)4)87(95)105)85(103)92-61(7)73(98)47-63-20-22-64(23-21-63)56-119-81(101)50-66-24-25-67(49-74(66)108-12)86(104)93(10)62(8)88(106)121-78-53-79(99)94(11)72-46-65(48-75(109-13)83(72)91)45-59(5)17-15-19-77(110-14)90(107)54-76(120-82(102)55-90)60(6)84-89(78,9)122-84/h15,17,19-25,46,48-49,57-58,60-62,70-71,76-78,84,107H,16,18,26-45,47,50-56H2,1-14H3,(H,92,103)/b19-15+,59-17+/t60-,61+,62?,70+,71?,76+,77-,78+,84+,89+,90-/m1/s1. The number of allylic oxidation sites excluding steroid dienone is 3. The van der Waals surface area contributed by atoms with E-state index in [-0.39, 0.29) is 141 Å². The lowest BCUT2D eigenvalue weighted by molar-refractivity contribution is -0.187. The molecule has 122 heavy (non-hydrogen) atoms. The molecule has 4 bridgehead atoms. The average Bonchev–Trinajstić information content (AvgIpc) is 1.57. The summed E-state index contributed by atoms with van der Waals surface area (Å²) in [5, 5.41) is 15.0. The van der Waals surface area contributed by atoms with Crippen molar-refractivity contribution in [2.45, 2.75) is 194 Å². The molecule has 0 saturated carbocycles. The van der Waals surface area contributed by atoms with Crippen LogP contribution >= 0.6 is 11.6 Å².